The number of aliphatic hydroxyl groups excluding tert-OH is 1. The maximum absolute atomic E-state index is 11.7. The number of hydrogen-bond donors (Lipinski definition) is 2. The Kier molecular flexibility index (Phi) is 2.41. The molecule has 0 fully saturated rings. The molecule has 0 amide bonds. The van der Waals surface area contributed by atoms with Crippen LogP contribution < -0.4 is 5.43 Å². The lowest BCUT2D eigenvalue weighted by atomic mass is 10.1. The van der Waals surface area contributed by atoms with Crippen molar-refractivity contribution in [3.63, 3.8) is 0 Å². The first-order valence-electron chi connectivity index (χ1n) is 5.76. The number of aryl methyl sites for hydroxylation is 1. The Morgan fingerprint density at radius 1 is 1.39 bits per heavy atom. The summed E-state index contributed by atoms with van der Waals surface area (Å²) >= 11 is 0. The summed E-state index contributed by atoms with van der Waals surface area (Å²) in [7, 11) is 0. The van der Waals surface area contributed by atoms with Gasteiger partial charge >= 0.3 is 0 Å². The second-order valence-corrected chi connectivity index (χ2v) is 4.27. The molecule has 0 unspecified atom stereocenters. The molecule has 2 N–H and O–H groups in total. The number of aromatic nitrogens is 2. The van der Waals surface area contributed by atoms with Gasteiger partial charge in [-0.15, -0.1) is 0 Å². The highest BCUT2D eigenvalue weighted by Crippen LogP contribution is 2.29. The van der Waals surface area contributed by atoms with Crippen molar-refractivity contribution in [1.29, 1.82) is 0 Å². The molecule has 2 heterocycles. The van der Waals surface area contributed by atoms with E-state index in [1.165, 1.54) is 6.07 Å². The summed E-state index contributed by atoms with van der Waals surface area (Å²) in [4.78, 5) is 15.8. The fraction of sp³-hybridized carbons (Fsp3) is 0.231. The lowest BCUT2D eigenvalue weighted by molar-refractivity contribution is 0.280. The number of benzene rings is 1. The third-order valence-corrected chi connectivity index (χ3v) is 3.14. The number of phenols is 1. The largest absolute Gasteiger partial charge is 0.503 e. The summed E-state index contributed by atoms with van der Waals surface area (Å²) in [5, 5.41) is 20.3. The normalized spacial score (nSPS) is 11.6. The van der Waals surface area contributed by atoms with Crippen molar-refractivity contribution in [3.8, 4) is 5.75 Å². The SMILES string of the molecule is O=c1cc2c3c(ccn2CCCO)cnc3c1O. The van der Waals surface area contributed by atoms with Gasteiger partial charge < -0.3 is 14.8 Å². The first kappa shape index (κ1) is 11.0. The fourth-order valence-corrected chi connectivity index (χ4v) is 2.27. The number of pyridine rings is 1. The van der Waals surface area contributed by atoms with Gasteiger partial charge in [-0.25, -0.2) is 0 Å². The summed E-state index contributed by atoms with van der Waals surface area (Å²) in [6.45, 7) is 0.721. The van der Waals surface area contributed by atoms with Gasteiger partial charge in [0.1, 0.15) is 5.52 Å². The second kappa shape index (κ2) is 3.96. The Balaban J connectivity index is 2.37. The average molecular weight is 244 g/mol. The van der Waals surface area contributed by atoms with Crippen molar-refractivity contribution in [1.82, 2.24) is 9.55 Å². The quantitative estimate of drug-likeness (QED) is 0.722. The molecular weight excluding hydrogens is 232 g/mol. The summed E-state index contributed by atoms with van der Waals surface area (Å²) in [5.41, 5.74) is 0.675. The van der Waals surface area contributed by atoms with Crippen LogP contribution in [0.15, 0.2) is 29.3 Å². The lowest BCUT2D eigenvalue weighted by Crippen LogP contribution is -2.06. The highest BCUT2D eigenvalue weighted by molar-refractivity contribution is 6.09. The first-order valence-corrected chi connectivity index (χ1v) is 5.76. The predicted molar refractivity (Wildman–Crippen MR) is 68.1 cm³/mol. The van der Waals surface area contributed by atoms with E-state index < -0.39 is 5.43 Å². The van der Waals surface area contributed by atoms with Crippen LogP contribution in [0.1, 0.15) is 6.42 Å². The third kappa shape index (κ3) is 1.44. The molecule has 18 heavy (non-hydrogen) atoms. The molecule has 0 aliphatic rings. The fourth-order valence-electron chi connectivity index (χ4n) is 2.27. The van der Waals surface area contributed by atoms with Gasteiger partial charge in [0.05, 0.1) is 5.52 Å². The minimum atomic E-state index is -0.425. The maximum Gasteiger partial charge on any atom is 0.224 e. The van der Waals surface area contributed by atoms with Crippen LogP contribution in [0, 0.1) is 0 Å². The molecule has 0 aliphatic heterocycles. The van der Waals surface area contributed by atoms with E-state index in [0.717, 1.165) is 16.3 Å². The van der Waals surface area contributed by atoms with E-state index in [1.54, 1.807) is 6.20 Å². The summed E-state index contributed by atoms with van der Waals surface area (Å²) < 4.78 is 1.90. The van der Waals surface area contributed by atoms with Gasteiger partial charge in [0.15, 0.2) is 5.75 Å². The monoisotopic (exact) mass is 244 g/mol. The molecule has 0 bridgehead atoms. The van der Waals surface area contributed by atoms with Crippen molar-refractivity contribution in [2.75, 3.05) is 6.61 Å². The van der Waals surface area contributed by atoms with E-state index in [-0.39, 0.29) is 12.4 Å². The van der Waals surface area contributed by atoms with E-state index in [1.807, 2.05) is 16.8 Å². The van der Waals surface area contributed by atoms with Gasteiger partial charge in [0, 0.05) is 42.4 Å². The molecule has 1 aromatic carbocycles. The molecule has 5 nitrogen and oxygen atoms in total. The van der Waals surface area contributed by atoms with Crippen LogP contribution in [0.5, 0.6) is 5.75 Å². The highest BCUT2D eigenvalue weighted by atomic mass is 16.3. The Hall–Kier alpha value is -2.14. The van der Waals surface area contributed by atoms with E-state index >= 15 is 0 Å². The van der Waals surface area contributed by atoms with Crippen LogP contribution in [0.3, 0.4) is 0 Å². The van der Waals surface area contributed by atoms with Crippen molar-refractivity contribution < 1.29 is 10.2 Å². The predicted octanol–water partition coefficient (Wildman–Crippen LogP) is 1.08. The van der Waals surface area contributed by atoms with Crippen molar-refractivity contribution >= 4 is 21.8 Å². The number of nitrogens with zero attached hydrogens (tertiary/aromatic N) is 2. The Morgan fingerprint density at radius 2 is 2.22 bits per heavy atom. The lowest BCUT2D eigenvalue weighted by Gasteiger charge is -2.10. The topological polar surface area (TPSA) is 75.4 Å². The van der Waals surface area contributed by atoms with E-state index in [2.05, 4.69) is 4.98 Å². The van der Waals surface area contributed by atoms with E-state index in [4.69, 9.17) is 5.11 Å². The van der Waals surface area contributed by atoms with Gasteiger partial charge in [-0.1, -0.05) is 0 Å². The molecule has 0 aliphatic carbocycles. The Morgan fingerprint density at radius 3 is 3.00 bits per heavy atom. The number of rotatable bonds is 3. The number of phenolic OH excluding ortho intramolecular Hbond substituents is 1. The Labute approximate surface area is 102 Å². The molecule has 0 spiro atoms. The minimum Gasteiger partial charge on any atom is -0.503 e. The van der Waals surface area contributed by atoms with Crippen molar-refractivity contribution in [2.24, 2.45) is 0 Å². The first-order chi connectivity index (χ1) is 8.72. The van der Waals surface area contributed by atoms with Gasteiger partial charge in [-0.3, -0.25) is 9.78 Å². The standard InChI is InChI=1S/C13H12N2O3/c16-5-1-3-15-4-2-8-7-14-12-11(8)9(15)6-10(17)13(12)18/h2,4,6-7,16,18H,1,3,5H2. The zero-order chi connectivity index (χ0) is 12.7. The van der Waals surface area contributed by atoms with Gasteiger partial charge in [0.2, 0.25) is 5.43 Å². The highest BCUT2D eigenvalue weighted by Gasteiger charge is 2.14. The smallest absolute Gasteiger partial charge is 0.224 e. The molecule has 0 saturated heterocycles. The summed E-state index contributed by atoms with van der Waals surface area (Å²) in [5.74, 6) is -0.294. The molecule has 2 aromatic heterocycles. The van der Waals surface area contributed by atoms with E-state index in [9.17, 15) is 9.90 Å². The average Bonchev–Trinajstić information content (AvgIpc) is 2.80. The van der Waals surface area contributed by atoms with Crippen LogP contribution in [-0.4, -0.2) is 26.4 Å². The summed E-state index contributed by atoms with van der Waals surface area (Å²) in [6, 6.07) is 3.31. The molecule has 0 radical (unpaired) electrons. The van der Waals surface area contributed by atoms with E-state index in [0.29, 0.717) is 18.5 Å². The van der Waals surface area contributed by atoms with Crippen LogP contribution >= 0.6 is 0 Å². The van der Waals surface area contributed by atoms with Gasteiger partial charge in [0.25, 0.3) is 0 Å². The maximum atomic E-state index is 11.7. The van der Waals surface area contributed by atoms with Crippen LogP contribution in [0.2, 0.25) is 0 Å². The minimum absolute atomic E-state index is 0.0991. The number of hydrogen-bond acceptors (Lipinski definition) is 4. The zero-order valence-electron chi connectivity index (χ0n) is 9.63. The molecule has 3 aromatic rings. The molecule has 0 atom stereocenters. The van der Waals surface area contributed by atoms with Crippen molar-refractivity contribution in [3.05, 3.63) is 34.7 Å². The number of aromatic hydroxyl groups is 1. The van der Waals surface area contributed by atoms with Crippen molar-refractivity contribution in [2.45, 2.75) is 13.0 Å². The molecule has 0 saturated carbocycles. The molecular formula is C13H12N2O3. The number of aliphatic hydroxyl groups is 1. The Bertz CT molecular complexity index is 764. The summed E-state index contributed by atoms with van der Waals surface area (Å²) in [6.07, 6.45) is 4.13. The third-order valence-electron chi connectivity index (χ3n) is 3.14. The molecule has 5 heteroatoms. The van der Waals surface area contributed by atoms with Crippen LogP contribution in [0.25, 0.3) is 21.8 Å². The van der Waals surface area contributed by atoms with Crippen LogP contribution in [0.4, 0.5) is 0 Å². The zero-order valence-corrected chi connectivity index (χ0v) is 9.63. The molecule has 3 rings (SSSR count). The van der Waals surface area contributed by atoms with Gasteiger partial charge in [-0.05, 0) is 12.5 Å². The van der Waals surface area contributed by atoms with Gasteiger partial charge in [-0.2, -0.15) is 0 Å². The van der Waals surface area contributed by atoms with Crippen LogP contribution in [-0.2, 0) is 6.54 Å². The second-order valence-electron chi connectivity index (χ2n) is 4.27. The molecule has 92 valence electrons.